The van der Waals surface area contributed by atoms with E-state index >= 15 is 0 Å². The summed E-state index contributed by atoms with van der Waals surface area (Å²) in [6.45, 7) is -1.30. The van der Waals surface area contributed by atoms with Crippen LogP contribution in [0.25, 0.3) is 0 Å². The molecule has 2 heteroatoms. The first-order chi connectivity index (χ1) is 9.25. The fourth-order valence-corrected chi connectivity index (χ4v) is 1.73. The molecule has 2 nitrogen and oxygen atoms in total. The molecular formula is C12H17NO. The molecule has 0 bridgehead atoms. The fraction of sp³-hybridized carbons (Fsp3) is 0.500. The van der Waals surface area contributed by atoms with Crippen molar-refractivity contribution < 1.29 is 13.0 Å². The summed E-state index contributed by atoms with van der Waals surface area (Å²) in [5.74, 6) is -0.154. The minimum absolute atomic E-state index is 0.129. The van der Waals surface area contributed by atoms with Gasteiger partial charge in [0.1, 0.15) is 0 Å². The van der Waals surface area contributed by atoms with Gasteiger partial charge in [-0.25, -0.2) is 0 Å². The predicted molar refractivity (Wildman–Crippen MR) is 57.1 cm³/mol. The van der Waals surface area contributed by atoms with E-state index in [0.717, 1.165) is 0 Å². The van der Waals surface area contributed by atoms with Crippen molar-refractivity contribution in [3.05, 3.63) is 35.3 Å². The summed E-state index contributed by atoms with van der Waals surface area (Å²) in [7, 11) is 0. The Morgan fingerprint density at radius 1 is 1.43 bits per heavy atom. The van der Waals surface area contributed by atoms with E-state index in [1.807, 2.05) is 0 Å². The molecule has 1 heterocycles. The lowest BCUT2D eigenvalue weighted by atomic mass is 9.88. The van der Waals surface area contributed by atoms with Gasteiger partial charge in [-0.15, -0.1) is 0 Å². The standard InChI is InChI=1S/C12H17NO/c13-9-11-3-1-2-4-12(11)10-5-7-14-8-6-10/h1-4,10H,5-9,13H2/i1D,2D,3D,4D,9D2. The molecule has 1 aliphatic heterocycles. The van der Waals surface area contributed by atoms with Crippen molar-refractivity contribution in [3.63, 3.8) is 0 Å². The van der Waals surface area contributed by atoms with Gasteiger partial charge in [-0.2, -0.15) is 0 Å². The van der Waals surface area contributed by atoms with Crippen LogP contribution in [0.3, 0.4) is 0 Å². The maximum absolute atomic E-state index is 8.04. The third-order valence-corrected chi connectivity index (χ3v) is 2.49. The highest BCUT2D eigenvalue weighted by Gasteiger charge is 2.17. The molecule has 0 atom stereocenters. The van der Waals surface area contributed by atoms with E-state index in [4.69, 9.17) is 18.7 Å². The number of ether oxygens (including phenoxy) is 1. The van der Waals surface area contributed by atoms with E-state index in [-0.39, 0.29) is 29.6 Å². The van der Waals surface area contributed by atoms with Gasteiger partial charge in [0.25, 0.3) is 0 Å². The SMILES string of the molecule is [2H]c1c([2H])c([2H])c(C([2H])([2H])N)c(C2CCOCC2)c1[2H]. The van der Waals surface area contributed by atoms with Crippen molar-refractivity contribution in [3.8, 4) is 0 Å². The van der Waals surface area contributed by atoms with E-state index in [1.54, 1.807) is 0 Å². The molecule has 14 heavy (non-hydrogen) atoms. The van der Waals surface area contributed by atoms with Gasteiger partial charge in [0.05, 0.1) is 5.48 Å². The second kappa shape index (κ2) is 4.58. The second-order valence-corrected chi connectivity index (χ2v) is 3.32. The van der Waals surface area contributed by atoms with Gasteiger partial charge in [0, 0.05) is 22.5 Å². The maximum Gasteiger partial charge on any atom is 0.0626 e. The predicted octanol–water partition coefficient (Wildman–Crippen LogP) is 2.04. The number of hydrogen-bond acceptors (Lipinski definition) is 2. The van der Waals surface area contributed by atoms with Crippen molar-refractivity contribution in [2.45, 2.75) is 25.3 Å². The largest absolute Gasteiger partial charge is 0.381 e. The lowest BCUT2D eigenvalue weighted by Crippen LogP contribution is -2.16. The first kappa shape index (κ1) is 4.77. The van der Waals surface area contributed by atoms with Crippen LogP contribution >= 0.6 is 0 Å². The first-order valence-corrected chi connectivity index (χ1v) is 4.72. The van der Waals surface area contributed by atoms with E-state index in [1.165, 1.54) is 0 Å². The molecule has 0 saturated carbocycles. The number of hydrogen-bond donors (Lipinski definition) is 1. The summed E-state index contributed by atoms with van der Waals surface area (Å²) in [6.07, 6.45) is 1.20. The molecule has 1 aliphatic rings. The third kappa shape index (κ3) is 1.97. The van der Waals surface area contributed by atoms with Crippen LogP contribution in [0.2, 0.25) is 0 Å². The van der Waals surface area contributed by atoms with E-state index in [9.17, 15) is 0 Å². The third-order valence-electron chi connectivity index (χ3n) is 2.49. The lowest BCUT2D eigenvalue weighted by Gasteiger charge is -2.24. The summed E-state index contributed by atoms with van der Waals surface area (Å²) in [4.78, 5) is 0. The van der Waals surface area contributed by atoms with Gasteiger partial charge < -0.3 is 10.5 Å². The minimum Gasteiger partial charge on any atom is -0.381 e. The van der Waals surface area contributed by atoms with Crippen LogP contribution in [-0.4, -0.2) is 13.2 Å². The summed E-state index contributed by atoms with van der Waals surface area (Å²) in [5.41, 5.74) is 5.68. The van der Waals surface area contributed by atoms with Gasteiger partial charge in [0.15, 0.2) is 0 Å². The highest BCUT2D eigenvalue weighted by Crippen LogP contribution is 2.28. The molecule has 2 rings (SSSR count). The maximum atomic E-state index is 8.04. The average molecular weight is 197 g/mol. The van der Waals surface area contributed by atoms with Crippen molar-refractivity contribution >= 4 is 0 Å². The molecule has 0 aliphatic carbocycles. The zero-order valence-corrected chi connectivity index (χ0v) is 7.89. The zero-order valence-electron chi connectivity index (χ0n) is 13.9. The number of nitrogens with two attached hydrogens (primary N) is 1. The summed E-state index contributed by atoms with van der Waals surface area (Å²) in [5, 5.41) is 0. The normalized spacial score (nSPS) is 25.5. The molecule has 1 aromatic rings. The van der Waals surface area contributed by atoms with Crippen LogP contribution in [0.1, 0.15) is 38.1 Å². The zero-order chi connectivity index (χ0) is 15.1. The molecule has 1 fully saturated rings. The number of rotatable bonds is 2. The molecule has 0 spiro atoms. The van der Waals surface area contributed by atoms with Crippen LogP contribution in [0, 0.1) is 0 Å². The van der Waals surface area contributed by atoms with Crippen molar-refractivity contribution in [2.75, 3.05) is 13.2 Å². The lowest BCUT2D eigenvalue weighted by molar-refractivity contribution is 0.0851. The van der Waals surface area contributed by atoms with E-state index in [2.05, 4.69) is 0 Å². The summed E-state index contributed by atoms with van der Waals surface area (Å²) >= 11 is 0. The molecule has 0 amide bonds. The van der Waals surface area contributed by atoms with Crippen molar-refractivity contribution in [1.82, 2.24) is 0 Å². The smallest absolute Gasteiger partial charge is 0.0626 e. The molecule has 76 valence electrons. The number of benzene rings is 1. The van der Waals surface area contributed by atoms with Crippen LogP contribution in [0.15, 0.2) is 24.2 Å². The monoisotopic (exact) mass is 197 g/mol. The Hall–Kier alpha value is -0.860. The van der Waals surface area contributed by atoms with Crippen molar-refractivity contribution in [1.29, 1.82) is 0 Å². The van der Waals surface area contributed by atoms with Crippen LogP contribution in [0.4, 0.5) is 0 Å². The Morgan fingerprint density at radius 2 is 2.14 bits per heavy atom. The quantitative estimate of drug-likeness (QED) is 0.787. The topological polar surface area (TPSA) is 35.2 Å². The van der Waals surface area contributed by atoms with Crippen LogP contribution in [-0.2, 0) is 11.2 Å². The van der Waals surface area contributed by atoms with Crippen LogP contribution in [0.5, 0.6) is 0 Å². The van der Waals surface area contributed by atoms with E-state index in [0.29, 0.717) is 31.6 Å². The van der Waals surface area contributed by atoms with Gasteiger partial charge in [-0.1, -0.05) is 24.2 Å². The highest BCUT2D eigenvalue weighted by molar-refractivity contribution is 5.30. The molecule has 2 N–H and O–H groups in total. The Bertz CT molecular complexity index is 522. The Kier molecular flexibility index (Phi) is 1.56. The molecule has 0 aromatic heterocycles. The fourth-order valence-electron chi connectivity index (χ4n) is 1.73. The minimum atomic E-state index is -2.30. The molecule has 1 aromatic carbocycles. The van der Waals surface area contributed by atoms with Gasteiger partial charge in [0.2, 0.25) is 0 Å². The summed E-state index contributed by atoms with van der Waals surface area (Å²) < 4.78 is 52.0. The van der Waals surface area contributed by atoms with Gasteiger partial charge in [-0.05, 0) is 29.9 Å². The van der Waals surface area contributed by atoms with Crippen molar-refractivity contribution in [2.24, 2.45) is 5.73 Å². The highest BCUT2D eigenvalue weighted by atomic mass is 16.5. The molecule has 0 radical (unpaired) electrons. The molecular weight excluding hydrogens is 174 g/mol. The molecule has 0 unspecified atom stereocenters. The summed E-state index contributed by atoms with van der Waals surface area (Å²) in [6, 6.07) is -1.37. The Labute approximate surface area is 93.5 Å². The molecule has 1 saturated heterocycles. The van der Waals surface area contributed by atoms with E-state index < -0.39 is 12.5 Å². The Morgan fingerprint density at radius 3 is 2.86 bits per heavy atom. The van der Waals surface area contributed by atoms with Crippen LogP contribution < -0.4 is 5.73 Å². The first-order valence-electron chi connectivity index (χ1n) is 7.72. The van der Waals surface area contributed by atoms with Gasteiger partial charge in [-0.3, -0.25) is 0 Å². The Balaban J connectivity index is 2.69. The second-order valence-electron chi connectivity index (χ2n) is 3.32. The average Bonchev–Trinajstić information content (AvgIpc) is 2.39. The van der Waals surface area contributed by atoms with Gasteiger partial charge >= 0.3 is 0 Å².